The lowest BCUT2D eigenvalue weighted by Gasteiger charge is -2.22. The van der Waals surface area contributed by atoms with Crippen molar-refractivity contribution in [2.75, 3.05) is 0 Å². The standard InChI is InChI=1S/C18H33O4P/c1-7-13-16(10-4)20-23(19,21-17(11-5)14-8-2)22-18(12-6)15-9-3/h13-15H,7-12H2,1-6H3/b16-13+,17-14+,18-15+. The van der Waals surface area contributed by atoms with Crippen LogP contribution in [0.1, 0.15) is 80.1 Å². The first-order valence-electron chi connectivity index (χ1n) is 8.74. The molecule has 0 radical (unpaired) electrons. The zero-order valence-corrected chi connectivity index (χ0v) is 16.4. The molecule has 0 saturated heterocycles. The smallest absolute Gasteiger partial charge is 0.391 e. The first-order chi connectivity index (χ1) is 11.0. The van der Waals surface area contributed by atoms with Crippen LogP contribution in [0.25, 0.3) is 0 Å². The van der Waals surface area contributed by atoms with Crippen molar-refractivity contribution in [1.29, 1.82) is 0 Å². The topological polar surface area (TPSA) is 44.8 Å². The number of phosphoric acid groups is 1. The van der Waals surface area contributed by atoms with Gasteiger partial charge in [-0.3, -0.25) is 0 Å². The summed E-state index contributed by atoms with van der Waals surface area (Å²) in [4.78, 5) is 0. The van der Waals surface area contributed by atoms with E-state index in [1.54, 1.807) is 0 Å². The van der Waals surface area contributed by atoms with E-state index in [0.29, 0.717) is 36.5 Å². The van der Waals surface area contributed by atoms with Crippen molar-refractivity contribution < 1.29 is 18.1 Å². The van der Waals surface area contributed by atoms with E-state index in [-0.39, 0.29) is 0 Å². The predicted octanol–water partition coefficient (Wildman–Crippen LogP) is 7.26. The molecule has 4 nitrogen and oxygen atoms in total. The molecule has 0 aliphatic carbocycles. The third-order valence-corrected chi connectivity index (χ3v) is 4.40. The van der Waals surface area contributed by atoms with Crippen molar-refractivity contribution in [2.24, 2.45) is 0 Å². The Balaban J connectivity index is 5.49. The van der Waals surface area contributed by atoms with Crippen LogP contribution in [0, 0.1) is 0 Å². The molecule has 0 saturated carbocycles. The fraction of sp³-hybridized carbons (Fsp3) is 0.667. The van der Waals surface area contributed by atoms with Crippen LogP contribution < -0.4 is 0 Å². The minimum absolute atomic E-state index is 0.634. The molecule has 0 atom stereocenters. The van der Waals surface area contributed by atoms with Gasteiger partial charge in [0, 0.05) is 19.3 Å². The second-order valence-electron chi connectivity index (χ2n) is 5.02. The molecule has 5 heteroatoms. The van der Waals surface area contributed by atoms with Crippen molar-refractivity contribution in [3.05, 3.63) is 35.5 Å². The van der Waals surface area contributed by atoms with Crippen molar-refractivity contribution in [1.82, 2.24) is 0 Å². The number of hydrogen-bond acceptors (Lipinski definition) is 4. The van der Waals surface area contributed by atoms with Crippen molar-refractivity contribution >= 4 is 7.82 Å². The number of allylic oxidation sites excluding steroid dienone is 6. The maximum absolute atomic E-state index is 13.2. The number of hydrogen-bond donors (Lipinski definition) is 0. The average molecular weight is 344 g/mol. The van der Waals surface area contributed by atoms with Gasteiger partial charge in [-0.1, -0.05) is 41.5 Å². The first-order valence-corrected chi connectivity index (χ1v) is 10.2. The highest BCUT2D eigenvalue weighted by Crippen LogP contribution is 2.56. The second-order valence-corrected chi connectivity index (χ2v) is 6.46. The third-order valence-electron chi connectivity index (χ3n) is 3.03. The lowest BCUT2D eigenvalue weighted by molar-refractivity contribution is 0.184. The van der Waals surface area contributed by atoms with Crippen LogP contribution in [0.15, 0.2) is 35.5 Å². The summed E-state index contributed by atoms with van der Waals surface area (Å²) in [5.41, 5.74) is 0. The average Bonchev–Trinajstić information content (AvgIpc) is 2.53. The maximum Gasteiger partial charge on any atom is 0.646 e. The number of phosphoric ester groups is 1. The monoisotopic (exact) mass is 344 g/mol. The summed E-state index contributed by atoms with van der Waals surface area (Å²) in [6.07, 6.45) is 10.1. The Kier molecular flexibility index (Phi) is 11.7. The molecule has 0 aliphatic rings. The third kappa shape index (κ3) is 8.90. The van der Waals surface area contributed by atoms with Crippen molar-refractivity contribution in [2.45, 2.75) is 80.1 Å². The van der Waals surface area contributed by atoms with E-state index in [0.717, 1.165) is 19.3 Å². The van der Waals surface area contributed by atoms with Crippen LogP contribution in [0.3, 0.4) is 0 Å². The molecule has 0 bridgehead atoms. The van der Waals surface area contributed by atoms with E-state index in [2.05, 4.69) is 0 Å². The van der Waals surface area contributed by atoms with E-state index in [4.69, 9.17) is 13.6 Å². The van der Waals surface area contributed by atoms with Gasteiger partial charge in [0.05, 0.1) is 0 Å². The van der Waals surface area contributed by atoms with Gasteiger partial charge in [-0.15, -0.1) is 0 Å². The summed E-state index contributed by atoms with van der Waals surface area (Å²) < 4.78 is 30.2. The van der Waals surface area contributed by atoms with E-state index < -0.39 is 7.82 Å². The number of rotatable bonds is 12. The van der Waals surface area contributed by atoms with Crippen LogP contribution in [0.4, 0.5) is 0 Å². The molecule has 0 unspecified atom stereocenters. The summed E-state index contributed by atoms with van der Waals surface area (Å²) in [5, 5.41) is 0. The lowest BCUT2D eigenvalue weighted by Crippen LogP contribution is -2.01. The molecular weight excluding hydrogens is 311 g/mol. The quantitative estimate of drug-likeness (QED) is 0.276. The molecule has 0 aromatic rings. The van der Waals surface area contributed by atoms with E-state index in [1.807, 2.05) is 59.8 Å². The summed E-state index contributed by atoms with van der Waals surface area (Å²) in [5.74, 6) is 1.90. The van der Waals surface area contributed by atoms with Gasteiger partial charge in [0.2, 0.25) is 0 Å². The predicted molar refractivity (Wildman–Crippen MR) is 96.9 cm³/mol. The Bertz CT molecular complexity index is 397. The maximum atomic E-state index is 13.2. The molecule has 0 aromatic heterocycles. The Labute approximate surface area is 142 Å². The molecule has 0 spiro atoms. The molecule has 23 heavy (non-hydrogen) atoms. The zero-order chi connectivity index (χ0) is 17.7. The van der Waals surface area contributed by atoms with Gasteiger partial charge in [0.25, 0.3) is 0 Å². The summed E-state index contributed by atoms with van der Waals surface area (Å²) in [6, 6.07) is 0. The van der Waals surface area contributed by atoms with E-state index in [1.165, 1.54) is 0 Å². The Hall–Kier alpha value is -1.15. The molecular formula is C18H33O4P. The Morgan fingerprint density at radius 1 is 0.652 bits per heavy atom. The van der Waals surface area contributed by atoms with Crippen LogP contribution in [-0.4, -0.2) is 0 Å². The normalized spacial score (nSPS) is 13.9. The van der Waals surface area contributed by atoms with Crippen molar-refractivity contribution in [3.63, 3.8) is 0 Å². The minimum atomic E-state index is -3.73. The second kappa shape index (κ2) is 12.3. The molecule has 0 fully saturated rings. The highest BCUT2D eigenvalue weighted by molar-refractivity contribution is 7.48. The van der Waals surface area contributed by atoms with Gasteiger partial charge in [0.1, 0.15) is 17.3 Å². The fourth-order valence-corrected chi connectivity index (χ4v) is 3.49. The van der Waals surface area contributed by atoms with Crippen LogP contribution in [0.5, 0.6) is 0 Å². The summed E-state index contributed by atoms with van der Waals surface area (Å²) >= 11 is 0. The minimum Gasteiger partial charge on any atom is -0.391 e. The van der Waals surface area contributed by atoms with Crippen LogP contribution >= 0.6 is 7.82 Å². The SMILES string of the molecule is CC/C=C(\CC)OP(=O)(O/C(=C/CC)CC)O/C(=C/CC)CC. The molecule has 0 N–H and O–H groups in total. The van der Waals surface area contributed by atoms with E-state index in [9.17, 15) is 4.57 Å². The Morgan fingerprint density at radius 3 is 1.09 bits per heavy atom. The molecule has 0 aromatic carbocycles. The molecule has 0 amide bonds. The Morgan fingerprint density at radius 2 is 0.913 bits per heavy atom. The van der Waals surface area contributed by atoms with Gasteiger partial charge < -0.3 is 13.6 Å². The molecule has 0 rings (SSSR count). The van der Waals surface area contributed by atoms with Gasteiger partial charge >= 0.3 is 7.82 Å². The van der Waals surface area contributed by atoms with Gasteiger partial charge in [0.15, 0.2) is 0 Å². The largest absolute Gasteiger partial charge is 0.646 e. The van der Waals surface area contributed by atoms with Crippen LogP contribution in [0.2, 0.25) is 0 Å². The van der Waals surface area contributed by atoms with Crippen LogP contribution in [-0.2, 0) is 18.1 Å². The zero-order valence-electron chi connectivity index (χ0n) is 15.6. The first kappa shape index (κ1) is 21.9. The molecule has 134 valence electrons. The fourth-order valence-electron chi connectivity index (χ4n) is 1.91. The summed E-state index contributed by atoms with van der Waals surface area (Å²) in [6.45, 7) is 11.9. The summed E-state index contributed by atoms with van der Waals surface area (Å²) in [7, 11) is -3.73. The lowest BCUT2D eigenvalue weighted by atomic mass is 10.3. The molecule has 0 heterocycles. The van der Waals surface area contributed by atoms with Gasteiger partial charge in [-0.05, 0) is 37.5 Å². The van der Waals surface area contributed by atoms with E-state index >= 15 is 0 Å². The highest BCUT2D eigenvalue weighted by Gasteiger charge is 2.34. The highest BCUT2D eigenvalue weighted by atomic mass is 31.2. The van der Waals surface area contributed by atoms with Crippen molar-refractivity contribution in [3.8, 4) is 0 Å². The molecule has 0 aliphatic heterocycles. The van der Waals surface area contributed by atoms with Gasteiger partial charge in [-0.25, -0.2) is 0 Å². The van der Waals surface area contributed by atoms with Gasteiger partial charge in [-0.2, -0.15) is 4.57 Å².